The van der Waals surface area contributed by atoms with E-state index in [4.69, 9.17) is 4.74 Å². The number of aryl methyl sites for hydroxylation is 1. The number of benzene rings is 3. The molecule has 2 aliphatic rings. The highest BCUT2D eigenvalue weighted by Crippen LogP contribution is 2.35. The average molecular weight is 571 g/mol. The molecule has 0 unspecified atom stereocenters. The van der Waals surface area contributed by atoms with E-state index < -0.39 is 17.6 Å². The van der Waals surface area contributed by atoms with Gasteiger partial charge in [-0.3, -0.25) is 14.5 Å². The van der Waals surface area contributed by atoms with Crippen LogP contribution in [-0.2, 0) is 23.9 Å². The number of amides is 2. The van der Waals surface area contributed by atoms with Gasteiger partial charge in [-0.2, -0.15) is 13.2 Å². The van der Waals surface area contributed by atoms with Crippen LogP contribution >= 0.6 is 0 Å². The highest BCUT2D eigenvalue weighted by Gasteiger charge is 2.34. The zero-order chi connectivity index (χ0) is 28.4. The van der Waals surface area contributed by atoms with Crippen LogP contribution in [0, 0.1) is 6.92 Å². The van der Waals surface area contributed by atoms with Gasteiger partial charge in [0.25, 0.3) is 5.91 Å². The summed E-state index contributed by atoms with van der Waals surface area (Å²) >= 11 is 0. The molecule has 5 rings (SSSR count). The van der Waals surface area contributed by atoms with Crippen LogP contribution in [0.3, 0.4) is 0 Å². The molecule has 4 N–H and O–H groups in total. The van der Waals surface area contributed by atoms with Crippen LogP contribution in [0.25, 0.3) is 0 Å². The summed E-state index contributed by atoms with van der Waals surface area (Å²) in [6, 6.07) is 14.1. The minimum absolute atomic E-state index is 0. The van der Waals surface area contributed by atoms with Crippen LogP contribution in [0.4, 0.5) is 24.5 Å². The van der Waals surface area contributed by atoms with Gasteiger partial charge >= 0.3 is 6.18 Å². The number of hydrogen-bond acceptors (Lipinski definition) is 5. The number of anilines is 2. The monoisotopic (exact) mass is 570 g/mol. The number of nitrogens with one attached hydrogen (secondary N) is 2. The third kappa shape index (κ3) is 7.05. The van der Waals surface area contributed by atoms with Gasteiger partial charge in [-0.1, -0.05) is 19.1 Å². The number of alkyl halides is 3. The Morgan fingerprint density at radius 2 is 1.73 bits per heavy atom. The summed E-state index contributed by atoms with van der Waals surface area (Å²) in [4.78, 5) is 28.9. The molecule has 1 fully saturated rings. The maximum Gasteiger partial charge on any atom is 0.416 e. The topological polar surface area (TPSA) is 105 Å². The summed E-state index contributed by atoms with van der Waals surface area (Å²) in [5.74, 6) is 0.281. The molecule has 0 radical (unpaired) electrons. The van der Waals surface area contributed by atoms with E-state index >= 15 is 0 Å². The predicted molar refractivity (Wildman–Crippen MR) is 150 cm³/mol. The lowest BCUT2D eigenvalue weighted by atomic mass is 10.0. The van der Waals surface area contributed by atoms with E-state index in [1.165, 1.54) is 12.1 Å². The maximum atomic E-state index is 14.0. The Morgan fingerprint density at radius 1 is 1.00 bits per heavy atom. The summed E-state index contributed by atoms with van der Waals surface area (Å²) in [5, 5.41) is 5.46. The van der Waals surface area contributed by atoms with Gasteiger partial charge in [-0.15, -0.1) is 0 Å². The second-order valence-corrected chi connectivity index (χ2v) is 10.2. The minimum atomic E-state index is -4.59. The van der Waals surface area contributed by atoms with Crippen LogP contribution in [0.5, 0.6) is 11.5 Å². The number of ether oxygens (including phenoxy) is 1. The lowest BCUT2D eigenvalue weighted by Gasteiger charge is -2.34. The van der Waals surface area contributed by atoms with Gasteiger partial charge in [-0.05, 0) is 66.6 Å². The summed E-state index contributed by atoms with van der Waals surface area (Å²) in [6.07, 6.45) is -4.31. The van der Waals surface area contributed by atoms with Gasteiger partial charge < -0.3 is 25.7 Å². The normalized spacial score (nSPS) is 15.6. The molecule has 41 heavy (non-hydrogen) atoms. The SMILES string of the molecule is CCN1CCN(Cc2ccc(C(=O)Nc3ccc(C)c(Oc4ccc5c(c4)CC(=O)N5)c3)cc2C(F)(F)F)CC1.O. The molecule has 11 heteroatoms. The van der Waals surface area contributed by atoms with Crippen LogP contribution in [0.15, 0.2) is 54.6 Å². The number of likely N-dealkylation sites (N-methyl/N-ethyl adjacent to an activating group) is 1. The predicted octanol–water partition coefficient (Wildman–Crippen LogP) is 4.87. The molecule has 3 aromatic carbocycles. The van der Waals surface area contributed by atoms with Crippen molar-refractivity contribution in [2.45, 2.75) is 33.0 Å². The number of nitrogens with zero attached hydrogens (tertiary/aromatic N) is 2. The number of rotatable bonds is 7. The third-order valence-electron chi connectivity index (χ3n) is 7.36. The number of piperazine rings is 1. The van der Waals surface area contributed by atoms with E-state index in [0.717, 1.165) is 42.5 Å². The Labute approximate surface area is 236 Å². The van der Waals surface area contributed by atoms with Gasteiger partial charge in [0, 0.05) is 55.7 Å². The van der Waals surface area contributed by atoms with Crippen molar-refractivity contribution in [2.24, 2.45) is 0 Å². The second kappa shape index (κ2) is 12.3. The zero-order valence-electron chi connectivity index (χ0n) is 22.9. The van der Waals surface area contributed by atoms with Gasteiger partial charge in [0.1, 0.15) is 11.5 Å². The Bertz CT molecular complexity index is 1440. The molecule has 3 aromatic rings. The van der Waals surface area contributed by atoms with E-state index in [-0.39, 0.29) is 35.5 Å². The van der Waals surface area contributed by atoms with Crippen molar-refractivity contribution >= 4 is 23.2 Å². The van der Waals surface area contributed by atoms with Crippen LogP contribution in [0.1, 0.15) is 39.5 Å². The molecule has 0 bridgehead atoms. The van der Waals surface area contributed by atoms with Crippen molar-refractivity contribution in [2.75, 3.05) is 43.4 Å². The summed E-state index contributed by atoms with van der Waals surface area (Å²) in [5.41, 5.74) is 2.05. The third-order valence-corrected chi connectivity index (χ3v) is 7.36. The highest BCUT2D eigenvalue weighted by atomic mass is 19.4. The van der Waals surface area contributed by atoms with Gasteiger partial charge in [0.05, 0.1) is 12.0 Å². The Balaban J connectivity index is 0.00000387. The molecule has 218 valence electrons. The molecule has 0 aliphatic carbocycles. The van der Waals surface area contributed by atoms with Gasteiger partial charge in [0.15, 0.2) is 0 Å². The molecule has 2 aliphatic heterocycles. The molecular formula is C30H33F3N4O4. The van der Waals surface area contributed by atoms with E-state index in [2.05, 4.69) is 22.5 Å². The summed E-state index contributed by atoms with van der Waals surface area (Å²) < 4.78 is 48.0. The van der Waals surface area contributed by atoms with Crippen LogP contribution in [-0.4, -0.2) is 59.8 Å². The molecule has 8 nitrogen and oxygen atoms in total. The summed E-state index contributed by atoms with van der Waals surface area (Å²) in [7, 11) is 0. The molecule has 2 amide bonds. The Kier molecular flexibility index (Phi) is 9.01. The van der Waals surface area contributed by atoms with E-state index in [9.17, 15) is 22.8 Å². The van der Waals surface area contributed by atoms with Crippen molar-refractivity contribution in [3.63, 3.8) is 0 Å². The lowest BCUT2D eigenvalue weighted by molar-refractivity contribution is -0.138. The number of hydrogen-bond donors (Lipinski definition) is 2. The van der Waals surface area contributed by atoms with Gasteiger partial charge in [0.2, 0.25) is 5.91 Å². The zero-order valence-corrected chi connectivity index (χ0v) is 22.9. The lowest BCUT2D eigenvalue weighted by Crippen LogP contribution is -2.45. The fourth-order valence-electron chi connectivity index (χ4n) is 5.01. The Morgan fingerprint density at radius 3 is 2.44 bits per heavy atom. The number of carbonyl (C=O) groups is 2. The molecule has 0 aromatic heterocycles. The van der Waals surface area contributed by atoms with Crippen molar-refractivity contribution in [3.8, 4) is 11.5 Å². The first-order valence-corrected chi connectivity index (χ1v) is 13.3. The minimum Gasteiger partial charge on any atom is -0.457 e. The molecule has 2 heterocycles. The largest absolute Gasteiger partial charge is 0.457 e. The first-order chi connectivity index (χ1) is 19.1. The number of carbonyl (C=O) groups excluding carboxylic acids is 2. The molecular weight excluding hydrogens is 537 g/mol. The molecule has 0 atom stereocenters. The second-order valence-electron chi connectivity index (χ2n) is 10.2. The van der Waals surface area contributed by atoms with Gasteiger partial charge in [-0.25, -0.2) is 0 Å². The van der Waals surface area contributed by atoms with E-state index in [1.54, 1.807) is 36.4 Å². The number of fused-ring (bicyclic) bond motifs is 1. The first-order valence-electron chi connectivity index (χ1n) is 13.3. The first kappa shape index (κ1) is 30.0. The van der Waals surface area contributed by atoms with Crippen molar-refractivity contribution in [1.82, 2.24) is 9.80 Å². The molecule has 1 saturated heterocycles. The quantitative estimate of drug-likeness (QED) is 0.422. The molecule has 0 saturated carbocycles. The summed E-state index contributed by atoms with van der Waals surface area (Å²) in [6.45, 7) is 8.07. The van der Waals surface area contributed by atoms with Crippen molar-refractivity contribution < 1.29 is 33.0 Å². The number of halogens is 3. The van der Waals surface area contributed by atoms with E-state index in [0.29, 0.717) is 30.3 Å². The van der Waals surface area contributed by atoms with E-state index in [1.807, 2.05) is 11.8 Å². The Hall–Kier alpha value is -3.93. The highest BCUT2D eigenvalue weighted by molar-refractivity contribution is 6.04. The fourth-order valence-corrected chi connectivity index (χ4v) is 5.01. The van der Waals surface area contributed by atoms with Crippen LogP contribution in [0.2, 0.25) is 0 Å². The standard InChI is InChI=1S/C30H31F3N4O3.H2O/c1-3-36-10-12-37(13-11-36)18-21-6-5-20(15-25(21)30(31,32)33)29(39)34-23-7-4-19(2)27(17-23)40-24-8-9-26-22(14-24)16-28(38)35-26;/h4-9,14-15,17H,3,10-13,16,18H2,1-2H3,(H,34,39)(H,35,38);1H2. The smallest absolute Gasteiger partial charge is 0.416 e. The average Bonchev–Trinajstić information content (AvgIpc) is 3.30. The van der Waals surface area contributed by atoms with Crippen molar-refractivity contribution in [1.29, 1.82) is 0 Å². The molecule has 0 spiro atoms. The fraction of sp³-hybridized carbons (Fsp3) is 0.333. The van der Waals surface area contributed by atoms with Crippen molar-refractivity contribution in [3.05, 3.63) is 82.4 Å². The maximum absolute atomic E-state index is 14.0. The van der Waals surface area contributed by atoms with Crippen LogP contribution < -0.4 is 15.4 Å².